The van der Waals surface area contributed by atoms with E-state index in [1.165, 1.54) is 6.33 Å². The van der Waals surface area contributed by atoms with Gasteiger partial charge < -0.3 is 20.7 Å². The quantitative estimate of drug-likeness (QED) is 0.284. The zero-order chi connectivity index (χ0) is 19.1. The van der Waals surface area contributed by atoms with Crippen molar-refractivity contribution in [2.24, 2.45) is 12.0 Å². The molecule has 0 spiro atoms. The maximum Gasteiger partial charge on any atom is 0.258 e. The van der Waals surface area contributed by atoms with E-state index in [0.717, 1.165) is 24.2 Å². The Morgan fingerprint density at radius 3 is 2.79 bits per heavy atom. The highest BCUT2D eigenvalue weighted by atomic mass is 127. The number of carbonyl (C=O) groups excluding carboxylic acids is 1. The molecule has 0 aliphatic heterocycles. The average molecular weight is 499 g/mol. The van der Waals surface area contributed by atoms with Crippen molar-refractivity contribution in [2.75, 3.05) is 13.7 Å². The minimum Gasteiger partial charge on any atom is -0.484 e. The van der Waals surface area contributed by atoms with Crippen LogP contribution in [0.1, 0.15) is 24.2 Å². The first kappa shape index (κ1) is 21.9. The highest BCUT2D eigenvalue weighted by Gasteiger charge is 2.23. The van der Waals surface area contributed by atoms with Crippen molar-refractivity contribution in [3.63, 3.8) is 0 Å². The summed E-state index contributed by atoms with van der Waals surface area (Å²) in [6.45, 7) is 1.13. The Morgan fingerprint density at radius 2 is 2.11 bits per heavy atom. The molecule has 0 saturated heterocycles. The van der Waals surface area contributed by atoms with Crippen molar-refractivity contribution in [3.8, 4) is 5.75 Å². The van der Waals surface area contributed by atoms with Crippen LogP contribution in [0, 0.1) is 0 Å². The molecule has 1 aromatic heterocycles. The third-order valence-electron chi connectivity index (χ3n) is 4.11. The van der Waals surface area contributed by atoms with E-state index >= 15 is 0 Å². The fourth-order valence-corrected chi connectivity index (χ4v) is 2.44. The van der Waals surface area contributed by atoms with Gasteiger partial charge in [-0.05, 0) is 30.5 Å². The van der Waals surface area contributed by atoms with Crippen LogP contribution in [0.4, 0.5) is 0 Å². The molecule has 152 valence electrons. The molecule has 1 aliphatic carbocycles. The Hall–Kier alpha value is -2.37. The van der Waals surface area contributed by atoms with Gasteiger partial charge in [0.05, 0.1) is 6.54 Å². The number of benzene rings is 1. The molecule has 0 radical (unpaired) electrons. The first-order chi connectivity index (χ1) is 13.1. The minimum atomic E-state index is -0.0746. The molecule has 0 bridgehead atoms. The number of nitrogens with one attached hydrogen (secondary N) is 3. The van der Waals surface area contributed by atoms with Crippen molar-refractivity contribution in [3.05, 3.63) is 42.0 Å². The van der Waals surface area contributed by atoms with Crippen LogP contribution in [-0.2, 0) is 24.9 Å². The predicted octanol–water partition coefficient (Wildman–Crippen LogP) is 0.956. The molecule has 0 unspecified atom stereocenters. The first-order valence-corrected chi connectivity index (χ1v) is 8.92. The summed E-state index contributed by atoms with van der Waals surface area (Å²) in [6.07, 6.45) is 3.65. The van der Waals surface area contributed by atoms with Gasteiger partial charge in [-0.2, -0.15) is 5.10 Å². The van der Waals surface area contributed by atoms with E-state index in [4.69, 9.17) is 4.74 Å². The molecular formula is C18H26IN7O2. The van der Waals surface area contributed by atoms with Gasteiger partial charge >= 0.3 is 0 Å². The number of ether oxygens (including phenoxy) is 1. The maximum atomic E-state index is 11.7. The summed E-state index contributed by atoms with van der Waals surface area (Å²) in [5.41, 5.74) is 1.02. The number of hydrogen-bond acceptors (Lipinski definition) is 5. The van der Waals surface area contributed by atoms with E-state index in [-0.39, 0.29) is 36.5 Å². The van der Waals surface area contributed by atoms with E-state index in [2.05, 4.69) is 31.0 Å². The summed E-state index contributed by atoms with van der Waals surface area (Å²) < 4.78 is 7.29. The molecule has 2 aromatic rings. The lowest BCUT2D eigenvalue weighted by atomic mass is 10.2. The number of hydrogen-bond donors (Lipinski definition) is 3. The molecule has 1 amide bonds. The third kappa shape index (κ3) is 6.98. The Morgan fingerprint density at radius 1 is 1.32 bits per heavy atom. The number of guanidine groups is 1. The molecule has 1 fully saturated rings. The summed E-state index contributed by atoms with van der Waals surface area (Å²) in [5.74, 6) is 2.07. The second-order valence-electron chi connectivity index (χ2n) is 6.36. The lowest BCUT2D eigenvalue weighted by Crippen LogP contribution is -2.36. The lowest BCUT2D eigenvalue weighted by Gasteiger charge is -2.12. The van der Waals surface area contributed by atoms with Crippen molar-refractivity contribution in [2.45, 2.75) is 32.0 Å². The number of nitrogens with zero attached hydrogens (tertiary/aromatic N) is 4. The number of halogens is 1. The molecule has 3 rings (SSSR count). The van der Waals surface area contributed by atoms with Crippen LogP contribution in [-0.4, -0.2) is 46.3 Å². The number of aliphatic imine (C=N–C) groups is 1. The Bertz CT molecular complexity index is 805. The fraction of sp³-hybridized carbons (Fsp3) is 0.444. The van der Waals surface area contributed by atoms with Gasteiger partial charge in [0.1, 0.15) is 17.9 Å². The van der Waals surface area contributed by atoms with Gasteiger partial charge in [0.15, 0.2) is 12.6 Å². The zero-order valence-electron chi connectivity index (χ0n) is 16.0. The Kier molecular flexibility index (Phi) is 8.48. The maximum absolute atomic E-state index is 11.7. The molecule has 0 atom stereocenters. The minimum absolute atomic E-state index is 0. The lowest BCUT2D eigenvalue weighted by molar-refractivity contribution is -0.123. The van der Waals surface area contributed by atoms with E-state index in [0.29, 0.717) is 30.8 Å². The summed E-state index contributed by atoms with van der Waals surface area (Å²) >= 11 is 0. The molecule has 3 N–H and O–H groups in total. The van der Waals surface area contributed by atoms with Gasteiger partial charge in [-0.3, -0.25) is 14.5 Å². The Labute approximate surface area is 181 Å². The average Bonchev–Trinajstić information content (AvgIpc) is 3.39. The van der Waals surface area contributed by atoms with Crippen LogP contribution in [0.2, 0.25) is 0 Å². The van der Waals surface area contributed by atoms with E-state index in [1.54, 1.807) is 11.7 Å². The second-order valence-corrected chi connectivity index (χ2v) is 6.36. The topological polar surface area (TPSA) is 105 Å². The van der Waals surface area contributed by atoms with E-state index < -0.39 is 0 Å². The van der Waals surface area contributed by atoms with E-state index in [1.807, 2.05) is 31.3 Å². The fourth-order valence-electron chi connectivity index (χ4n) is 2.44. The first-order valence-electron chi connectivity index (χ1n) is 8.92. The van der Waals surface area contributed by atoms with Crippen LogP contribution in [0.15, 0.2) is 35.6 Å². The molecule has 9 nitrogen and oxygen atoms in total. The van der Waals surface area contributed by atoms with E-state index in [9.17, 15) is 4.79 Å². The van der Waals surface area contributed by atoms with Crippen molar-refractivity contribution in [1.82, 2.24) is 30.7 Å². The van der Waals surface area contributed by atoms with Crippen LogP contribution in [0.3, 0.4) is 0 Å². The number of aromatic nitrogens is 3. The number of aryl methyl sites for hydroxylation is 1. The molecule has 1 aliphatic rings. The van der Waals surface area contributed by atoms with Crippen LogP contribution in [0.5, 0.6) is 5.75 Å². The highest BCUT2D eigenvalue weighted by molar-refractivity contribution is 14.0. The third-order valence-corrected chi connectivity index (χ3v) is 4.11. The molecular weight excluding hydrogens is 473 g/mol. The SMILES string of the molecule is CN=C(NCc1cccc(OCC(=O)NC2CC2)c1)NCc1ncnn1C.I. The van der Waals surface area contributed by atoms with Gasteiger partial charge in [0.25, 0.3) is 5.91 Å². The monoisotopic (exact) mass is 499 g/mol. The normalized spacial score (nSPS) is 13.4. The molecule has 1 heterocycles. The van der Waals surface area contributed by atoms with Crippen LogP contribution < -0.4 is 20.7 Å². The molecule has 1 aromatic carbocycles. The number of rotatable bonds is 8. The van der Waals surface area contributed by atoms with Crippen molar-refractivity contribution in [1.29, 1.82) is 0 Å². The summed E-state index contributed by atoms with van der Waals surface area (Å²) in [7, 11) is 3.56. The van der Waals surface area contributed by atoms with Crippen LogP contribution in [0.25, 0.3) is 0 Å². The van der Waals surface area contributed by atoms with Gasteiger partial charge in [-0.15, -0.1) is 24.0 Å². The van der Waals surface area contributed by atoms with Crippen LogP contribution >= 0.6 is 24.0 Å². The molecule has 28 heavy (non-hydrogen) atoms. The van der Waals surface area contributed by atoms with Gasteiger partial charge in [-0.1, -0.05) is 12.1 Å². The van der Waals surface area contributed by atoms with Gasteiger partial charge in [0.2, 0.25) is 0 Å². The van der Waals surface area contributed by atoms with Crippen molar-refractivity contribution >= 4 is 35.8 Å². The molecule has 1 saturated carbocycles. The summed E-state index contributed by atoms with van der Waals surface area (Å²) in [6, 6.07) is 7.99. The Balaban J connectivity index is 0.00000280. The second kappa shape index (κ2) is 10.8. The zero-order valence-corrected chi connectivity index (χ0v) is 18.3. The number of amides is 1. The summed E-state index contributed by atoms with van der Waals surface area (Å²) in [5, 5.41) is 13.4. The van der Waals surface area contributed by atoms with Gasteiger partial charge in [0, 0.05) is 26.7 Å². The van der Waals surface area contributed by atoms with Gasteiger partial charge in [-0.25, -0.2) is 4.98 Å². The summed E-state index contributed by atoms with van der Waals surface area (Å²) in [4.78, 5) is 20.1. The number of carbonyl (C=O) groups is 1. The largest absolute Gasteiger partial charge is 0.484 e. The molecule has 10 heteroatoms. The standard InChI is InChI=1S/C18H25N7O2.HI/c1-19-18(21-10-16-22-12-23-25(16)2)20-9-13-4-3-5-15(8-13)27-11-17(26)24-14-6-7-14;/h3-5,8,12,14H,6-7,9-11H2,1-2H3,(H,24,26)(H2,19,20,21);1H. The predicted molar refractivity (Wildman–Crippen MR) is 117 cm³/mol. The highest BCUT2D eigenvalue weighted by Crippen LogP contribution is 2.18. The van der Waals surface area contributed by atoms with Crippen molar-refractivity contribution < 1.29 is 9.53 Å². The smallest absolute Gasteiger partial charge is 0.258 e.